The lowest BCUT2D eigenvalue weighted by atomic mass is 9.98. The molecule has 0 spiro atoms. The molecule has 7 rings (SSSR count). The molecule has 0 radical (unpaired) electrons. The molecular weight excluding hydrogens is 558 g/mol. The first-order valence-electron chi connectivity index (χ1n) is 16.8. The average Bonchev–Trinajstić information content (AvgIpc) is 3.55. The van der Waals surface area contributed by atoms with Gasteiger partial charge in [0.15, 0.2) is 0 Å². The Morgan fingerprint density at radius 1 is 0.435 bits per heavy atom. The van der Waals surface area contributed by atoms with Crippen molar-refractivity contribution in [3.63, 3.8) is 0 Å². The van der Waals surface area contributed by atoms with Gasteiger partial charge in [0, 0.05) is 27.2 Å². The van der Waals surface area contributed by atoms with Crippen molar-refractivity contribution >= 4 is 43.6 Å². The van der Waals surface area contributed by atoms with Gasteiger partial charge in [0.25, 0.3) is 0 Å². The Hall–Kier alpha value is -4.81. The first-order valence-corrected chi connectivity index (χ1v) is 16.8. The van der Waals surface area contributed by atoms with Crippen molar-refractivity contribution in [2.75, 3.05) is 0 Å². The molecule has 3 heteroatoms. The lowest BCUT2D eigenvalue weighted by Crippen LogP contribution is -2.02. The predicted molar refractivity (Wildman–Crippen MR) is 196 cm³/mol. The van der Waals surface area contributed by atoms with Crippen LogP contribution in [0.25, 0.3) is 55.0 Å². The van der Waals surface area contributed by atoms with E-state index in [9.17, 15) is 5.26 Å². The summed E-state index contributed by atoms with van der Waals surface area (Å²) < 4.78 is 4.69. The van der Waals surface area contributed by atoms with Crippen LogP contribution in [0, 0.1) is 11.3 Å². The third-order valence-corrected chi connectivity index (χ3v) is 9.89. The Bertz CT molecular complexity index is 2200. The van der Waals surface area contributed by atoms with Gasteiger partial charge in [-0.05, 0) is 113 Å². The zero-order chi connectivity index (χ0) is 32.4. The van der Waals surface area contributed by atoms with Gasteiger partial charge in [0.1, 0.15) is 6.07 Å². The summed E-state index contributed by atoms with van der Waals surface area (Å²) in [6.07, 6.45) is 0. The van der Waals surface area contributed by atoms with E-state index in [4.69, 9.17) is 0 Å². The smallest absolute Gasteiger partial charge is 0.101 e. The van der Waals surface area contributed by atoms with Crippen molar-refractivity contribution in [1.82, 2.24) is 9.13 Å². The third kappa shape index (κ3) is 4.71. The third-order valence-electron chi connectivity index (χ3n) is 9.89. The molecule has 230 valence electrons. The number of benzene rings is 5. The maximum absolute atomic E-state index is 10.5. The lowest BCUT2D eigenvalue weighted by Gasteiger charge is -2.15. The van der Waals surface area contributed by atoms with Crippen molar-refractivity contribution in [2.24, 2.45) is 0 Å². The Labute approximate surface area is 272 Å². The topological polar surface area (TPSA) is 33.6 Å². The average molecular weight is 602 g/mol. The Kier molecular flexibility index (Phi) is 7.28. The second kappa shape index (κ2) is 11.2. The van der Waals surface area contributed by atoms with Gasteiger partial charge in [-0.1, -0.05) is 79.7 Å². The molecular formula is C43H43N3. The predicted octanol–water partition coefficient (Wildman–Crippen LogP) is 12.2. The van der Waals surface area contributed by atoms with Crippen LogP contribution in [0.1, 0.15) is 107 Å². The molecule has 46 heavy (non-hydrogen) atoms. The van der Waals surface area contributed by atoms with Crippen LogP contribution in [0.2, 0.25) is 0 Å². The van der Waals surface area contributed by atoms with E-state index in [1.807, 2.05) is 6.07 Å². The van der Waals surface area contributed by atoms with Crippen LogP contribution in [0.15, 0.2) is 91.0 Å². The Balaban J connectivity index is 1.55. The minimum atomic E-state index is 0.428. The SMILES string of the molecule is CC(C)c1ccc2c(c1)c1cc(C(C)C)ccc1n2-c1ccc(C#N)c(-n2c3ccc(C(C)C)cc3c3cc(C(C)C)ccc32)c1. The largest absolute Gasteiger partial charge is 0.309 e. The van der Waals surface area contributed by atoms with Crippen LogP contribution in [-0.2, 0) is 0 Å². The summed E-state index contributed by atoms with van der Waals surface area (Å²) in [5.41, 5.74) is 12.6. The fourth-order valence-corrected chi connectivity index (χ4v) is 7.03. The molecule has 2 aromatic heterocycles. The van der Waals surface area contributed by atoms with E-state index in [0.29, 0.717) is 29.2 Å². The second-order valence-corrected chi connectivity index (χ2v) is 14.2. The molecule has 0 fully saturated rings. The first kappa shape index (κ1) is 29.9. The molecule has 0 aliphatic carbocycles. The number of hydrogen-bond donors (Lipinski definition) is 0. The van der Waals surface area contributed by atoms with Crippen molar-refractivity contribution in [3.8, 4) is 17.4 Å². The normalized spacial score (nSPS) is 12.2. The van der Waals surface area contributed by atoms with Crippen LogP contribution in [0.5, 0.6) is 0 Å². The fourth-order valence-electron chi connectivity index (χ4n) is 7.03. The summed E-state index contributed by atoms with van der Waals surface area (Å²) in [6, 6.07) is 36.4. The van der Waals surface area contributed by atoms with Crippen LogP contribution in [0.3, 0.4) is 0 Å². The van der Waals surface area contributed by atoms with Crippen molar-refractivity contribution in [2.45, 2.75) is 79.1 Å². The highest BCUT2D eigenvalue weighted by Crippen LogP contribution is 2.39. The fraction of sp³-hybridized carbons (Fsp3) is 0.279. The molecule has 0 aliphatic heterocycles. The van der Waals surface area contributed by atoms with E-state index < -0.39 is 0 Å². The molecule has 0 saturated carbocycles. The van der Waals surface area contributed by atoms with E-state index in [1.165, 1.54) is 54.8 Å². The molecule has 5 aromatic carbocycles. The van der Waals surface area contributed by atoms with E-state index in [2.05, 4.69) is 156 Å². The number of aromatic nitrogens is 2. The monoisotopic (exact) mass is 601 g/mol. The first-order chi connectivity index (χ1) is 22.1. The Morgan fingerprint density at radius 3 is 1.11 bits per heavy atom. The standard InChI is InChI=1S/C43H43N3/c1-25(2)29-10-15-39-35(19-29)36-20-30(26(3)4)11-16-40(36)45(39)34-14-9-33(24-44)43(23-34)46-41-17-12-31(27(5)6)21-37(41)38-22-32(28(7)8)13-18-42(38)46/h9-23,25-28H,1-8H3. The number of nitriles is 1. The zero-order valence-electron chi connectivity index (χ0n) is 28.3. The van der Waals surface area contributed by atoms with Gasteiger partial charge in [0.05, 0.1) is 33.3 Å². The lowest BCUT2D eigenvalue weighted by molar-refractivity contribution is 0.868. The molecule has 0 amide bonds. The van der Waals surface area contributed by atoms with Crippen LogP contribution >= 0.6 is 0 Å². The second-order valence-electron chi connectivity index (χ2n) is 14.2. The highest BCUT2D eigenvalue weighted by molar-refractivity contribution is 6.11. The Morgan fingerprint density at radius 2 is 0.783 bits per heavy atom. The maximum atomic E-state index is 10.5. The number of rotatable bonds is 6. The zero-order valence-corrected chi connectivity index (χ0v) is 28.3. The van der Waals surface area contributed by atoms with Crippen LogP contribution < -0.4 is 0 Å². The molecule has 0 aliphatic rings. The summed E-state index contributed by atoms with van der Waals surface area (Å²) in [5.74, 6) is 1.74. The van der Waals surface area contributed by atoms with Gasteiger partial charge < -0.3 is 9.13 Å². The number of hydrogen-bond acceptors (Lipinski definition) is 1. The molecule has 7 aromatic rings. The van der Waals surface area contributed by atoms with Gasteiger partial charge in [-0.3, -0.25) is 0 Å². The molecule has 0 N–H and O–H groups in total. The highest BCUT2D eigenvalue weighted by atomic mass is 15.0. The summed E-state index contributed by atoms with van der Waals surface area (Å²) in [4.78, 5) is 0. The van der Waals surface area contributed by atoms with E-state index in [0.717, 1.165) is 22.4 Å². The molecule has 0 bridgehead atoms. The van der Waals surface area contributed by atoms with Crippen LogP contribution in [-0.4, -0.2) is 9.13 Å². The van der Waals surface area contributed by atoms with E-state index in [1.54, 1.807) is 0 Å². The van der Waals surface area contributed by atoms with Crippen molar-refractivity contribution in [3.05, 3.63) is 119 Å². The minimum absolute atomic E-state index is 0.428. The molecule has 2 heterocycles. The van der Waals surface area contributed by atoms with Gasteiger partial charge in [-0.2, -0.15) is 5.26 Å². The van der Waals surface area contributed by atoms with E-state index in [-0.39, 0.29) is 0 Å². The van der Waals surface area contributed by atoms with Crippen molar-refractivity contribution in [1.29, 1.82) is 5.26 Å². The molecule has 0 atom stereocenters. The number of nitrogens with zero attached hydrogens (tertiary/aromatic N) is 3. The molecule has 0 unspecified atom stereocenters. The summed E-state index contributed by atoms with van der Waals surface area (Å²) in [6.45, 7) is 18.0. The summed E-state index contributed by atoms with van der Waals surface area (Å²) in [5, 5.41) is 15.5. The van der Waals surface area contributed by atoms with Gasteiger partial charge in [0.2, 0.25) is 0 Å². The summed E-state index contributed by atoms with van der Waals surface area (Å²) in [7, 11) is 0. The summed E-state index contributed by atoms with van der Waals surface area (Å²) >= 11 is 0. The van der Waals surface area contributed by atoms with Crippen molar-refractivity contribution < 1.29 is 0 Å². The molecule has 0 saturated heterocycles. The van der Waals surface area contributed by atoms with E-state index >= 15 is 0 Å². The molecule has 3 nitrogen and oxygen atoms in total. The van der Waals surface area contributed by atoms with Gasteiger partial charge >= 0.3 is 0 Å². The van der Waals surface area contributed by atoms with Crippen LogP contribution in [0.4, 0.5) is 0 Å². The van der Waals surface area contributed by atoms with Gasteiger partial charge in [-0.15, -0.1) is 0 Å². The maximum Gasteiger partial charge on any atom is 0.101 e. The van der Waals surface area contributed by atoms with Gasteiger partial charge in [-0.25, -0.2) is 0 Å². The minimum Gasteiger partial charge on any atom is -0.309 e. The quantitative estimate of drug-likeness (QED) is 0.187. The number of fused-ring (bicyclic) bond motifs is 6. The highest BCUT2D eigenvalue weighted by Gasteiger charge is 2.20.